The Bertz CT molecular complexity index is 321. The maximum Gasteiger partial charge on any atom is 0.410 e. The predicted octanol–water partition coefficient (Wildman–Crippen LogP) is 2.14. The second-order valence-electron chi connectivity index (χ2n) is 6.64. The van der Waals surface area contributed by atoms with Crippen LogP contribution in [-0.4, -0.2) is 40.9 Å². The number of amides is 1. The summed E-state index contributed by atoms with van der Waals surface area (Å²) in [6.07, 6.45) is 4.29. The fourth-order valence-corrected chi connectivity index (χ4v) is 2.73. The number of nitrogens with one attached hydrogen (secondary N) is 1. The number of carbonyl (C=O) groups excluding carboxylic acids is 1. The molecule has 0 aromatic rings. The first-order chi connectivity index (χ1) is 8.35. The maximum atomic E-state index is 12.1. The highest BCUT2D eigenvalue weighted by molar-refractivity contribution is 5.68. The van der Waals surface area contributed by atoms with Gasteiger partial charge in [0.05, 0.1) is 6.04 Å². The van der Waals surface area contributed by atoms with E-state index in [9.17, 15) is 4.79 Å². The average Bonchev–Trinajstić information content (AvgIpc) is 2.95. The van der Waals surface area contributed by atoms with Crippen molar-refractivity contribution in [3.8, 4) is 0 Å². The van der Waals surface area contributed by atoms with E-state index in [1.165, 1.54) is 12.8 Å². The minimum atomic E-state index is -0.469. The Morgan fingerprint density at radius 3 is 2.61 bits per heavy atom. The molecular formula is C13H24N2O3. The lowest BCUT2D eigenvalue weighted by Crippen LogP contribution is -2.52. The quantitative estimate of drug-likeness (QED) is 0.743. The van der Waals surface area contributed by atoms with Crippen LogP contribution >= 0.6 is 0 Å². The van der Waals surface area contributed by atoms with E-state index in [0.29, 0.717) is 12.0 Å². The first-order valence-electron chi connectivity index (χ1n) is 6.72. The van der Waals surface area contributed by atoms with Gasteiger partial charge in [-0.3, -0.25) is 0 Å². The topological polar surface area (TPSA) is 61.8 Å². The largest absolute Gasteiger partial charge is 0.444 e. The molecule has 2 rings (SSSR count). The smallest absolute Gasteiger partial charge is 0.410 e. The number of hydrogen-bond acceptors (Lipinski definition) is 4. The number of hydroxylamine groups is 1. The summed E-state index contributed by atoms with van der Waals surface area (Å²) in [6.45, 7) is 6.77. The van der Waals surface area contributed by atoms with Crippen molar-refractivity contribution in [2.75, 3.05) is 13.1 Å². The molecule has 2 N–H and O–H groups in total. The summed E-state index contributed by atoms with van der Waals surface area (Å²) >= 11 is 0. The number of rotatable bonds is 2. The van der Waals surface area contributed by atoms with Crippen molar-refractivity contribution in [3.63, 3.8) is 0 Å². The second kappa shape index (κ2) is 4.70. The molecule has 1 spiro atoms. The van der Waals surface area contributed by atoms with E-state index in [4.69, 9.17) is 9.94 Å². The van der Waals surface area contributed by atoms with Crippen LogP contribution in [0.3, 0.4) is 0 Å². The summed E-state index contributed by atoms with van der Waals surface area (Å²) in [6, 6.07) is 0.0427. The van der Waals surface area contributed by atoms with Crippen LogP contribution in [0.4, 0.5) is 4.79 Å². The molecule has 18 heavy (non-hydrogen) atoms. The highest BCUT2D eigenvalue weighted by Crippen LogP contribution is 2.55. The van der Waals surface area contributed by atoms with Crippen molar-refractivity contribution < 1.29 is 14.7 Å². The Labute approximate surface area is 108 Å². The molecule has 1 amide bonds. The Morgan fingerprint density at radius 1 is 1.44 bits per heavy atom. The molecular weight excluding hydrogens is 232 g/mol. The monoisotopic (exact) mass is 256 g/mol. The maximum absolute atomic E-state index is 12.1. The first kappa shape index (κ1) is 13.6. The summed E-state index contributed by atoms with van der Waals surface area (Å²) in [5.74, 6) is 0. The van der Waals surface area contributed by atoms with Gasteiger partial charge < -0.3 is 14.8 Å². The van der Waals surface area contributed by atoms with Crippen LogP contribution in [0.25, 0.3) is 0 Å². The highest BCUT2D eigenvalue weighted by atomic mass is 16.6. The Morgan fingerprint density at radius 2 is 2.11 bits per heavy atom. The number of nitrogens with zero attached hydrogens (tertiary/aromatic N) is 1. The molecule has 1 saturated carbocycles. The molecule has 1 heterocycles. The average molecular weight is 256 g/mol. The lowest BCUT2D eigenvalue weighted by atomic mass is 9.88. The third-order valence-corrected chi connectivity index (χ3v) is 3.90. The molecule has 1 aliphatic carbocycles. The number of piperidine rings is 1. The van der Waals surface area contributed by atoms with E-state index in [2.05, 4.69) is 5.48 Å². The normalized spacial score (nSPS) is 26.2. The van der Waals surface area contributed by atoms with Gasteiger partial charge in [0.25, 0.3) is 0 Å². The van der Waals surface area contributed by atoms with E-state index in [-0.39, 0.29) is 12.1 Å². The number of ether oxygens (including phenoxy) is 1. The van der Waals surface area contributed by atoms with Crippen LogP contribution in [0.2, 0.25) is 0 Å². The number of hydrogen-bond donors (Lipinski definition) is 2. The molecule has 1 aliphatic heterocycles. The molecule has 2 fully saturated rings. The van der Waals surface area contributed by atoms with Gasteiger partial charge in [-0.1, -0.05) is 0 Å². The van der Waals surface area contributed by atoms with Crippen LogP contribution in [0, 0.1) is 5.41 Å². The van der Waals surface area contributed by atoms with Crippen LogP contribution in [-0.2, 0) is 4.74 Å². The second-order valence-corrected chi connectivity index (χ2v) is 6.64. The molecule has 5 nitrogen and oxygen atoms in total. The summed E-state index contributed by atoms with van der Waals surface area (Å²) in [5, 5.41) is 8.91. The summed E-state index contributed by atoms with van der Waals surface area (Å²) < 4.78 is 5.42. The third-order valence-electron chi connectivity index (χ3n) is 3.90. The van der Waals surface area contributed by atoms with Crippen molar-refractivity contribution in [1.82, 2.24) is 10.4 Å². The molecule has 104 valence electrons. The standard InChI is InChI=1S/C13H24N2O3/c1-12(2,3)18-11(16)15-7-6-13(4-5-13)8-10(15)9-14-17/h10,14,17H,4-9H2,1-3H3. The third kappa shape index (κ3) is 3.14. The zero-order valence-corrected chi connectivity index (χ0v) is 11.5. The van der Waals surface area contributed by atoms with Gasteiger partial charge in [-0.2, -0.15) is 0 Å². The van der Waals surface area contributed by atoms with E-state index >= 15 is 0 Å². The molecule has 0 aromatic carbocycles. The van der Waals surface area contributed by atoms with E-state index in [1.54, 1.807) is 4.90 Å². The number of carbonyl (C=O) groups is 1. The fourth-order valence-electron chi connectivity index (χ4n) is 2.73. The van der Waals surface area contributed by atoms with Gasteiger partial charge in [0.2, 0.25) is 0 Å². The van der Waals surface area contributed by atoms with Crippen molar-refractivity contribution >= 4 is 6.09 Å². The van der Waals surface area contributed by atoms with Gasteiger partial charge in [0, 0.05) is 13.1 Å². The van der Waals surface area contributed by atoms with Crippen LogP contribution in [0.5, 0.6) is 0 Å². The van der Waals surface area contributed by atoms with Gasteiger partial charge in [-0.15, -0.1) is 0 Å². The summed E-state index contributed by atoms with van der Waals surface area (Å²) in [7, 11) is 0. The zero-order chi connectivity index (χ0) is 13.4. The van der Waals surface area contributed by atoms with Crippen molar-refractivity contribution in [2.45, 2.75) is 58.1 Å². The molecule has 1 saturated heterocycles. The first-order valence-corrected chi connectivity index (χ1v) is 6.72. The van der Waals surface area contributed by atoms with Crippen molar-refractivity contribution in [3.05, 3.63) is 0 Å². The minimum Gasteiger partial charge on any atom is -0.444 e. The molecule has 0 aromatic heterocycles. The van der Waals surface area contributed by atoms with Gasteiger partial charge >= 0.3 is 6.09 Å². The van der Waals surface area contributed by atoms with Crippen LogP contribution in [0.1, 0.15) is 46.5 Å². The Balaban J connectivity index is 1.99. The minimum absolute atomic E-state index is 0.0427. The van der Waals surface area contributed by atoms with E-state index < -0.39 is 5.60 Å². The van der Waals surface area contributed by atoms with Gasteiger partial charge in [0.1, 0.15) is 5.60 Å². The predicted molar refractivity (Wildman–Crippen MR) is 67.4 cm³/mol. The highest BCUT2D eigenvalue weighted by Gasteiger charge is 2.49. The SMILES string of the molecule is CC(C)(C)OC(=O)N1CCC2(CC2)CC1CNO. The van der Waals surface area contributed by atoms with Gasteiger partial charge in [-0.05, 0) is 51.9 Å². The summed E-state index contributed by atoms with van der Waals surface area (Å²) in [4.78, 5) is 13.9. The fraction of sp³-hybridized carbons (Fsp3) is 0.923. The van der Waals surface area contributed by atoms with E-state index in [1.807, 2.05) is 20.8 Å². The molecule has 2 aliphatic rings. The van der Waals surface area contributed by atoms with E-state index in [0.717, 1.165) is 19.4 Å². The van der Waals surface area contributed by atoms with Crippen LogP contribution in [0.15, 0.2) is 0 Å². The molecule has 0 bridgehead atoms. The summed E-state index contributed by atoms with van der Waals surface area (Å²) in [5.41, 5.74) is 2.18. The van der Waals surface area contributed by atoms with Gasteiger partial charge in [0.15, 0.2) is 0 Å². The Hall–Kier alpha value is -0.810. The van der Waals surface area contributed by atoms with Crippen molar-refractivity contribution in [1.29, 1.82) is 0 Å². The van der Waals surface area contributed by atoms with Gasteiger partial charge in [-0.25, -0.2) is 10.3 Å². The lowest BCUT2D eigenvalue weighted by molar-refractivity contribution is -0.00281. The molecule has 0 radical (unpaired) electrons. The molecule has 1 unspecified atom stereocenters. The number of likely N-dealkylation sites (tertiary alicyclic amines) is 1. The molecule has 5 heteroatoms. The van der Waals surface area contributed by atoms with Crippen LogP contribution < -0.4 is 5.48 Å². The lowest BCUT2D eigenvalue weighted by Gasteiger charge is -2.40. The molecule has 1 atom stereocenters. The Kier molecular flexibility index (Phi) is 3.56. The van der Waals surface area contributed by atoms with Crippen molar-refractivity contribution in [2.24, 2.45) is 5.41 Å². The zero-order valence-electron chi connectivity index (χ0n) is 11.5.